The molecule has 0 saturated heterocycles. The SMILES string of the molecule is O=C(NC1CC1)c1cc(Oc2ccc(Nc3ncnc4ccn(CCO)c34)cc2Cl)ccc1F. The lowest BCUT2D eigenvalue weighted by Gasteiger charge is -2.13. The van der Waals surface area contributed by atoms with Crippen LogP contribution in [0.3, 0.4) is 0 Å². The Morgan fingerprint density at radius 3 is 2.82 bits per heavy atom. The highest BCUT2D eigenvalue weighted by Gasteiger charge is 2.25. The Morgan fingerprint density at radius 2 is 2.06 bits per heavy atom. The number of nitrogens with one attached hydrogen (secondary N) is 2. The summed E-state index contributed by atoms with van der Waals surface area (Å²) in [6.45, 7) is 0.404. The van der Waals surface area contributed by atoms with E-state index in [1.807, 2.05) is 16.8 Å². The number of rotatable bonds is 8. The van der Waals surface area contributed by atoms with Gasteiger partial charge in [0.25, 0.3) is 5.91 Å². The van der Waals surface area contributed by atoms with Gasteiger partial charge < -0.3 is 25.0 Å². The fraction of sp³-hybridized carbons (Fsp3) is 0.208. The Labute approximate surface area is 199 Å². The van der Waals surface area contributed by atoms with Gasteiger partial charge in [-0.15, -0.1) is 0 Å². The van der Waals surface area contributed by atoms with Crippen LogP contribution in [-0.4, -0.2) is 38.2 Å². The molecule has 1 amide bonds. The summed E-state index contributed by atoms with van der Waals surface area (Å²) in [5.74, 6) is 0.141. The van der Waals surface area contributed by atoms with E-state index in [9.17, 15) is 14.3 Å². The van der Waals surface area contributed by atoms with Gasteiger partial charge in [0.05, 0.1) is 22.7 Å². The van der Waals surface area contributed by atoms with Gasteiger partial charge in [-0.05, 0) is 55.3 Å². The average molecular weight is 482 g/mol. The molecule has 0 radical (unpaired) electrons. The van der Waals surface area contributed by atoms with E-state index < -0.39 is 11.7 Å². The van der Waals surface area contributed by atoms with Crippen LogP contribution in [0.2, 0.25) is 5.02 Å². The van der Waals surface area contributed by atoms with E-state index in [1.54, 1.807) is 18.2 Å². The fourth-order valence-electron chi connectivity index (χ4n) is 3.58. The maximum atomic E-state index is 14.2. The quantitative estimate of drug-likeness (QED) is 0.339. The molecule has 2 heterocycles. The number of fused-ring (bicyclic) bond motifs is 1. The summed E-state index contributed by atoms with van der Waals surface area (Å²) in [7, 11) is 0. The van der Waals surface area contributed by atoms with Gasteiger partial charge >= 0.3 is 0 Å². The zero-order valence-corrected chi connectivity index (χ0v) is 18.7. The van der Waals surface area contributed by atoms with E-state index in [4.69, 9.17) is 16.3 Å². The predicted octanol–water partition coefficient (Wildman–Crippen LogP) is 4.64. The van der Waals surface area contributed by atoms with Crippen molar-refractivity contribution in [2.75, 3.05) is 11.9 Å². The Bertz CT molecular complexity index is 1370. The molecule has 0 aliphatic heterocycles. The molecule has 4 aromatic rings. The number of hydrogen-bond donors (Lipinski definition) is 3. The lowest BCUT2D eigenvalue weighted by Crippen LogP contribution is -2.26. The van der Waals surface area contributed by atoms with Crippen LogP contribution in [0, 0.1) is 5.82 Å². The van der Waals surface area contributed by atoms with Crippen molar-refractivity contribution >= 4 is 40.0 Å². The summed E-state index contributed by atoms with van der Waals surface area (Å²) in [6, 6.07) is 11.1. The molecule has 0 atom stereocenters. The van der Waals surface area contributed by atoms with E-state index in [2.05, 4.69) is 20.6 Å². The molecule has 2 aromatic heterocycles. The molecule has 5 rings (SSSR count). The fourth-order valence-corrected chi connectivity index (χ4v) is 3.80. The minimum Gasteiger partial charge on any atom is -0.456 e. The van der Waals surface area contributed by atoms with Crippen molar-refractivity contribution in [3.05, 3.63) is 71.4 Å². The van der Waals surface area contributed by atoms with Crippen LogP contribution in [0.25, 0.3) is 11.0 Å². The van der Waals surface area contributed by atoms with E-state index in [1.165, 1.54) is 24.5 Å². The second-order valence-corrected chi connectivity index (χ2v) is 8.36. The van der Waals surface area contributed by atoms with Crippen LogP contribution in [0.15, 0.2) is 55.0 Å². The highest BCUT2D eigenvalue weighted by atomic mass is 35.5. The summed E-state index contributed by atoms with van der Waals surface area (Å²) in [4.78, 5) is 20.9. The van der Waals surface area contributed by atoms with E-state index in [0.29, 0.717) is 34.6 Å². The van der Waals surface area contributed by atoms with E-state index >= 15 is 0 Å². The van der Waals surface area contributed by atoms with Crippen LogP contribution in [0.1, 0.15) is 23.2 Å². The molecule has 34 heavy (non-hydrogen) atoms. The summed E-state index contributed by atoms with van der Waals surface area (Å²) in [5, 5.41) is 15.6. The number of ether oxygens (including phenoxy) is 1. The van der Waals surface area contributed by atoms with Crippen LogP contribution in [0.5, 0.6) is 11.5 Å². The maximum Gasteiger partial charge on any atom is 0.254 e. The molecule has 0 unspecified atom stereocenters. The summed E-state index contributed by atoms with van der Waals surface area (Å²) >= 11 is 6.44. The molecule has 10 heteroatoms. The Kier molecular flexibility index (Phi) is 6.04. The van der Waals surface area contributed by atoms with Gasteiger partial charge in [0.2, 0.25) is 0 Å². The largest absolute Gasteiger partial charge is 0.456 e. The summed E-state index contributed by atoms with van der Waals surface area (Å²) < 4.78 is 21.8. The second kappa shape index (κ2) is 9.28. The molecule has 174 valence electrons. The Morgan fingerprint density at radius 1 is 1.21 bits per heavy atom. The van der Waals surface area contributed by atoms with Gasteiger partial charge in [0.15, 0.2) is 5.82 Å². The Hall–Kier alpha value is -3.69. The molecule has 1 aliphatic carbocycles. The van der Waals surface area contributed by atoms with Crippen molar-refractivity contribution in [3.8, 4) is 11.5 Å². The van der Waals surface area contributed by atoms with Crippen molar-refractivity contribution in [1.82, 2.24) is 19.9 Å². The van der Waals surface area contributed by atoms with Gasteiger partial charge in [0, 0.05) is 24.5 Å². The van der Waals surface area contributed by atoms with E-state index in [0.717, 1.165) is 23.9 Å². The molecule has 2 aromatic carbocycles. The smallest absolute Gasteiger partial charge is 0.254 e. The molecule has 0 spiro atoms. The molecule has 1 saturated carbocycles. The normalized spacial score (nSPS) is 13.1. The number of anilines is 2. The lowest BCUT2D eigenvalue weighted by molar-refractivity contribution is 0.0946. The number of hydrogen-bond acceptors (Lipinski definition) is 6. The monoisotopic (exact) mass is 481 g/mol. The molecule has 1 fully saturated rings. The van der Waals surface area contributed by atoms with Crippen molar-refractivity contribution in [1.29, 1.82) is 0 Å². The number of nitrogens with zero attached hydrogens (tertiary/aromatic N) is 3. The standard InChI is InChI=1S/C24H21ClFN5O3/c25-18-11-15(29-23-22-20(27-13-28-23)7-8-31(22)9-10-32)3-6-21(18)34-16-4-5-19(26)17(12-16)24(33)30-14-1-2-14/h3-8,11-14,32H,1-2,9-10H2,(H,30,33)(H,27,28,29). The first kappa shape index (κ1) is 22.1. The van der Waals surface area contributed by atoms with Crippen molar-refractivity contribution in [2.24, 2.45) is 0 Å². The average Bonchev–Trinajstić information content (AvgIpc) is 3.54. The molecular formula is C24H21ClFN5O3. The second-order valence-electron chi connectivity index (χ2n) is 7.95. The minimum absolute atomic E-state index is 0.0106. The third kappa shape index (κ3) is 4.66. The van der Waals surface area contributed by atoms with Crippen molar-refractivity contribution in [3.63, 3.8) is 0 Å². The number of benzene rings is 2. The van der Waals surface area contributed by atoms with Gasteiger partial charge in [-0.2, -0.15) is 0 Å². The molecule has 3 N–H and O–H groups in total. The number of aliphatic hydroxyl groups is 1. The topological polar surface area (TPSA) is 101 Å². The highest BCUT2D eigenvalue weighted by Crippen LogP contribution is 2.34. The lowest BCUT2D eigenvalue weighted by atomic mass is 10.2. The van der Waals surface area contributed by atoms with E-state index in [-0.39, 0.29) is 18.2 Å². The number of halogens is 2. The van der Waals surface area contributed by atoms with Crippen molar-refractivity contribution in [2.45, 2.75) is 25.4 Å². The minimum atomic E-state index is -0.613. The number of amides is 1. The van der Waals surface area contributed by atoms with Crippen LogP contribution >= 0.6 is 11.6 Å². The number of aromatic nitrogens is 3. The van der Waals surface area contributed by atoms with Crippen LogP contribution in [-0.2, 0) is 6.54 Å². The first-order valence-corrected chi connectivity index (χ1v) is 11.1. The molecule has 0 bridgehead atoms. The van der Waals surface area contributed by atoms with Gasteiger partial charge in [-0.3, -0.25) is 4.79 Å². The first-order valence-electron chi connectivity index (χ1n) is 10.8. The van der Waals surface area contributed by atoms with Gasteiger partial charge in [-0.25, -0.2) is 14.4 Å². The zero-order chi connectivity index (χ0) is 23.7. The van der Waals surface area contributed by atoms with Gasteiger partial charge in [-0.1, -0.05) is 11.6 Å². The highest BCUT2D eigenvalue weighted by molar-refractivity contribution is 6.32. The molecular weight excluding hydrogens is 461 g/mol. The third-order valence-electron chi connectivity index (χ3n) is 5.41. The predicted molar refractivity (Wildman–Crippen MR) is 126 cm³/mol. The number of carbonyl (C=O) groups is 1. The summed E-state index contributed by atoms with van der Waals surface area (Å²) in [6.07, 6.45) is 5.12. The summed E-state index contributed by atoms with van der Waals surface area (Å²) in [5.41, 5.74) is 2.10. The van der Waals surface area contributed by atoms with Gasteiger partial charge in [0.1, 0.15) is 29.2 Å². The first-order chi connectivity index (χ1) is 16.5. The Balaban J connectivity index is 1.35. The number of aliphatic hydroxyl groups excluding tert-OH is 1. The molecule has 1 aliphatic rings. The number of carbonyl (C=O) groups excluding carboxylic acids is 1. The maximum absolute atomic E-state index is 14.2. The van der Waals surface area contributed by atoms with Crippen LogP contribution in [0.4, 0.5) is 15.9 Å². The molecule has 8 nitrogen and oxygen atoms in total. The zero-order valence-electron chi connectivity index (χ0n) is 18.0. The van der Waals surface area contributed by atoms with Crippen LogP contribution < -0.4 is 15.4 Å². The van der Waals surface area contributed by atoms with Crippen molar-refractivity contribution < 1.29 is 19.0 Å². The third-order valence-corrected chi connectivity index (χ3v) is 5.70.